The van der Waals surface area contributed by atoms with E-state index in [9.17, 15) is 9.59 Å². The van der Waals surface area contributed by atoms with Gasteiger partial charge in [0.1, 0.15) is 0 Å². The maximum atomic E-state index is 12.5. The molecule has 0 radical (unpaired) electrons. The van der Waals surface area contributed by atoms with Gasteiger partial charge >= 0.3 is 5.97 Å². The Bertz CT molecular complexity index is 941. The molecular weight excluding hydrogens is 386 g/mol. The summed E-state index contributed by atoms with van der Waals surface area (Å²) in [6.45, 7) is 7.97. The van der Waals surface area contributed by atoms with Crippen LogP contribution in [-0.2, 0) is 4.74 Å². The molecule has 8 nitrogen and oxygen atoms in total. The first-order valence-corrected chi connectivity index (χ1v) is 9.70. The number of pyridine rings is 1. The standard InChI is InChI=1S/C22H27N3O5/c1-6-10-30-19-9-8-16(11-20(19)28-5)13-23-25-21(26)17-12-18(22(27)29-7-2)15(4)24-14(17)3/h8-9,11-13H,6-7,10H2,1-5H3,(H,25,26). The highest BCUT2D eigenvalue weighted by Crippen LogP contribution is 2.27. The second-order valence-corrected chi connectivity index (χ2v) is 6.43. The normalized spacial score (nSPS) is 10.7. The second kappa shape index (κ2) is 10.9. The van der Waals surface area contributed by atoms with Crippen LogP contribution in [0.5, 0.6) is 11.5 Å². The first kappa shape index (κ1) is 22.9. The van der Waals surface area contributed by atoms with Crippen molar-refractivity contribution in [2.45, 2.75) is 34.1 Å². The summed E-state index contributed by atoms with van der Waals surface area (Å²) in [6.07, 6.45) is 2.39. The number of hydrogen-bond acceptors (Lipinski definition) is 7. The van der Waals surface area contributed by atoms with Gasteiger partial charge in [-0.25, -0.2) is 10.2 Å². The number of hydrazone groups is 1. The van der Waals surface area contributed by atoms with Crippen LogP contribution in [0.1, 0.15) is 57.9 Å². The molecular formula is C22H27N3O5. The number of amides is 1. The Balaban J connectivity index is 2.14. The minimum atomic E-state index is -0.516. The van der Waals surface area contributed by atoms with Crippen molar-refractivity contribution in [3.05, 3.63) is 52.3 Å². The number of ether oxygens (including phenoxy) is 3. The molecule has 1 aromatic carbocycles. The third kappa shape index (κ3) is 5.79. The van der Waals surface area contributed by atoms with Gasteiger partial charge in [-0.05, 0) is 57.0 Å². The summed E-state index contributed by atoms with van der Waals surface area (Å²) >= 11 is 0. The lowest BCUT2D eigenvalue weighted by Gasteiger charge is -2.10. The Morgan fingerprint density at radius 1 is 1.10 bits per heavy atom. The van der Waals surface area contributed by atoms with Crippen LogP contribution in [0.2, 0.25) is 0 Å². The molecule has 1 heterocycles. The van der Waals surface area contributed by atoms with Crippen molar-refractivity contribution < 1.29 is 23.8 Å². The first-order valence-electron chi connectivity index (χ1n) is 9.70. The molecule has 0 aliphatic rings. The Labute approximate surface area is 176 Å². The lowest BCUT2D eigenvalue weighted by Crippen LogP contribution is -2.21. The molecule has 0 spiro atoms. The number of benzene rings is 1. The third-order valence-corrected chi connectivity index (χ3v) is 4.17. The van der Waals surface area contributed by atoms with Crippen LogP contribution in [0, 0.1) is 13.8 Å². The molecule has 2 rings (SSSR count). The fraction of sp³-hybridized carbons (Fsp3) is 0.364. The summed E-state index contributed by atoms with van der Waals surface area (Å²) in [5, 5.41) is 3.99. The van der Waals surface area contributed by atoms with Crippen LogP contribution >= 0.6 is 0 Å². The average Bonchev–Trinajstić information content (AvgIpc) is 2.72. The summed E-state index contributed by atoms with van der Waals surface area (Å²) in [4.78, 5) is 28.9. The Hall–Kier alpha value is -3.42. The van der Waals surface area contributed by atoms with Gasteiger partial charge in [-0.2, -0.15) is 5.10 Å². The predicted octanol–water partition coefficient (Wildman–Crippen LogP) is 3.44. The zero-order chi connectivity index (χ0) is 22.1. The third-order valence-electron chi connectivity index (χ3n) is 4.17. The van der Waals surface area contributed by atoms with Crippen molar-refractivity contribution in [2.24, 2.45) is 5.10 Å². The van der Waals surface area contributed by atoms with E-state index in [4.69, 9.17) is 14.2 Å². The number of hydrogen-bond donors (Lipinski definition) is 1. The highest BCUT2D eigenvalue weighted by molar-refractivity contribution is 5.99. The number of aromatic nitrogens is 1. The second-order valence-electron chi connectivity index (χ2n) is 6.43. The minimum Gasteiger partial charge on any atom is -0.493 e. The van der Waals surface area contributed by atoms with Crippen LogP contribution in [0.4, 0.5) is 0 Å². The van der Waals surface area contributed by atoms with Gasteiger partial charge < -0.3 is 14.2 Å². The van der Waals surface area contributed by atoms with Crippen LogP contribution in [0.15, 0.2) is 29.4 Å². The molecule has 2 aromatic rings. The smallest absolute Gasteiger partial charge is 0.339 e. The van der Waals surface area contributed by atoms with E-state index in [2.05, 4.69) is 15.5 Å². The topological polar surface area (TPSA) is 99.1 Å². The Morgan fingerprint density at radius 3 is 2.50 bits per heavy atom. The largest absolute Gasteiger partial charge is 0.493 e. The predicted molar refractivity (Wildman–Crippen MR) is 114 cm³/mol. The average molecular weight is 413 g/mol. The summed E-state index contributed by atoms with van der Waals surface area (Å²) in [5.41, 5.74) is 4.68. The van der Waals surface area contributed by atoms with E-state index >= 15 is 0 Å². The van der Waals surface area contributed by atoms with E-state index in [1.165, 1.54) is 12.3 Å². The number of methoxy groups -OCH3 is 1. The van der Waals surface area contributed by atoms with Crippen molar-refractivity contribution in [1.82, 2.24) is 10.4 Å². The maximum Gasteiger partial charge on any atom is 0.339 e. The summed E-state index contributed by atoms with van der Waals surface area (Å²) in [7, 11) is 1.56. The van der Waals surface area contributed by atoms with Crippen molar-refractivity contribution in [3.63, 3.8) is 0 Å². The molecule has 1 amide bonds. The molecule has 8 heteroatoms. The highest BCUT2D eigenvalue weighted by Gasteiger charge is 2.18. The fourth-order valence-electron chi connectivity index (χ4n) is 2.69. The van der Waals surface area contributed by atoms with E-state index in [0.29, 0.717) is 29.5 Å². The maximum absolute atomic E-state index is 12.5. The zero-order valence-electron chi connectivity index (χ0n) is 17.9. The number of aryl methyl sites for hydroxylation is 2. The molecule has 1 aromatic heterocycles. The summed E-state index contributed by atoms with van der Waals surface area (Å²) in [5.74, 6) is 0.235. The van der Waals surface area contributed by atoms with Crippen LogP contribution in [-0.4, -0.2) is 43.4 Å². The minimum absolute atomic E-state index is 0.240. The van der Waals surface area contributed by atoms with Gasteiger partial charge in [0.15, 0.2) is 11.5 Å². The van der Waals surface area contributed by atoms with Crippen LogP contribution in [0.25, 0.3) is 0 Å². The molecule has 1 N–H and O–H groups in total. The van der Waals surface area contributed by atoms with Crippen molar-refractivity contribution in [3.8, 4) is 11.5 Å². The highest BCUT2D eigenvalue weighted by atomic mass is 16.5. The van der Waals surface area contributed by atoms with E-state index in [1.807, 2.05) is 6.92 Å². The molecule has 0 bridgehead atoms. The van der Waals surface area contributed by atoms with E-state index in [0.717, 1.165) is 12.0 Å². The molecule has 0 saturated carbocycles. The molecule has 0 unspecified atom stereocenters. The van der Waals surface area contributed by atoms with Gasteiger partial charge in [-0.1, -0.05) is 6.92 Å². The number of esters is 1. The lowest BCUT2D eigenvalue weighted by atomic mass is 10.1. The number of nitrogens with one attached hydrogen (secondary N) is 1. The molecule has 0 atom stereocenters. The quantitative estimate of drug-likeness (QED) is 0.384. The molecule has 0 fully saturated rings. The molecule has 0 aliphatic heterocycles. The Morgan fingerprint density at radius 2 is 1.83 bits per heavy atom. The fourth-order valence-corrected chi connectivity index (χ4v) is 2.69. The number of carbonyl (C=O) groups excluding carboxylic acids is 2. The zero-order valence-corrected chi connectivity index (χ0v) is 17.9. The number of nitrogens with zero attached hydrogens (tertiary/aromatic N) is 2. The van der Waals surface area contributed by atoms with Crippen molar-refractivity contribution in [1.29, 1.82) is 0 Å². The number of rotatable bonds is 9. The van der Waals surface area contributed by atoms with Crippen molar-refractivity contribution in [2.75, 3.05) is 20.3 Å². The monoisotopic (exact) mass is 413 g/mol. The lowest BCUT2D eigenvalue weighted by molar-refractivity contribution is 0.0525. The van der Waals surface area contributed by atoms with E-state index in [1.54, 1.807) is 46.1 Å². The van der Waals surface area contributed by atoms with Crippen LogP contribution < -0.4 is 14.9 Å². The van der Waals surface area contributed by atoms with E-state index in [-0.39, 0.29) is 17.7 Å². The Kier molecular flexibility index (Phi) is 8.34. The van der Waals surface area contributed by atoms with Gasteiger partial charge in [0.2, 0.25) is 0 Å². The summed E-state index contributed by atoms with van der Waals surface area (Å²) < 4.78 is 16.0. The van der Waals surface area contributed by atoms with Gasteiger partial charge in [0.05, 0.1) is 49.1 Å². The van der Waals surface area contributed by atoms with Gasteiger partial charge in [0.25, 0.3) is 5.91 Å². The molecule has 0 saturated heterocycles. The van der Waals surface area contributed by atoms with Gasteiger partial charge in [-0.3, -0.25) is 9.78 Å². The first-order chi connectivity index (χ1) is 14.4. The molecule has 30 heavy (non-hydrogen) atoms. The van der Waals surface area contributed by atoms with Gasteiger partial charge in [0, 0.05) is 0 Å². The van der Waals surface area contributed by atoms with Gasteiger partial charge in [-0.15, -0.1) is 0 Å². The molecule has 160 valence electrons. The number of carbonyl (C=O) groups is 2. The molecule has 0 aliphatic carbocycles. The van der Waals surface area contributed by atoms with E-state index < -0.39 is 11.9 Å². The SMILES string of the molecule is CCCOc1ccc(C=NNC(=O)c2cc(C(=O)OCC)c(C)nc2C)cc1OC. The summed E-state index contributed by atoms with van der Waals surface area (Å²) in [6, 6.07) is 6.83. The van der Waals surface area contributed by atoms with Crippen LogP contribution in [0.3, 0.4) is 0 Å². The van der Waals surface area contributed by atoms with Crippen molar-refractivity contribution >= 4 is 18.1 Å².